The Balaban J connectivity index is 1.99. The molecule has 3 aromatic carbocycles. The average Bonchev–Trinajstić information content (AvgIpc) is 2.61. The molecule has 3 aromatic rings. The lowest BCUT2D eigenvalue weighted by Crippen LogP contribution is -2.04. The molecule has 3 rings (SSSR count). The summed E-state index contributed by atoms with van der Waals surface area (Å²) in [6, 6.07) is 14.9. The highest BCUT2D eigenvalue weighted by Crippen LogP contribution is 2.36. The Morgan fingerprint density at radius 3 is 1.15 bits per heavy atom. The zero-order chi connectivity index (χ0) is 19.8. The van der Waals surface area contributed by atoms with Crippen molar-refractivity contribution in [1.29, 1.82) is 0 Å². The molecule has 0 N–H and O–H groups in total. The standard InChI is InChI=1S/C21H14F6/c1-13-18(14-5-9-16(10-6-14)20(22,23)24)3-2-4-19(13)15-7-11-17(12-8-15)21(25,26)27/h2-12H,1H3. The molecule has 0 aliphatic rings. The van der Waals surface area contributed by atoms with Gasteiger partial charge in [0.05, 0.1) is 11.1 Å². The van der Waals surface area contributed by atoms with E-state index in [9.17, 15) is 26.3 Å². The maximum absolute atomic E-state index is 12.7. The predicted octanol–water partition coefficient (Wildman–Crippen LogP) is 7.37. The molecule has 0 saturated carbocycles. The first-order valence-corrected chi connectivity index (χ1v) is 8.02. The molecule has 6 heteroatoms. The minimum Gasteiger partial charge on any atom is -0.166 e. The fourth-order valence-corrected chi connectivity index (χ4v) is 2.94. The smallest absolute Gasteiger partial charge is 0.166 e. The van der Waals surface area contributed by atoms with Crippen LogP contribution in [0, 0.1) is 6.92 Å². The zero-order valence-corrected chi connectivity index (χ0v) is 14.1. The number of benzene rings is 3. The van der Waals surface area contributed by atoms with Crippen molar-refractivity contribution in [3.8, 4) is 22.3 Å². The lowest BCUT2D eigenvalue weighted by Gasteiger charge is -2.14. The van der Waals surface area contributed by atoms with Crippen LogP contribution in [0.1, 0.15) is 16.7 Å². The Morgan fingerprint density at radius 1 is 0.519 bits per heavy atom. The summed E-state index contributed by atoms with van der Waals surface area (Å²) >= 11 is 0. The SMILES string of the molecule is Cc1c(-c2ccc(C(F)(F)F)cc2)cccc1-c1ccc(C(F)(F)F)cc1. The number of hydrogen-bond donors (Lipinski definition) is 0. The Bertz CT molecular complexity index is 857. The first-order chi connectivity index (χ1) is 12.6. The highest BCUT2D eigenvalue weighted by molar-refractivity contribution is 5.78. The fourth-order valence-electron chi connectivity index (χ4n) is 2.94. The van der Waals surface area contributed by atoms with Crippen LogP contribution < -0.4 is 0 Å². The second-order valence-electron chi connectivity index (χ2n) is 6.13. The Hall–Kier alpha value is -2.76. The van der Waals surface area contributed by atoms with Gasteiger partial charge in [-0.25, -0.2) is 0 Å². The third-order valence-corrected chi connectivity index (χ3v) is 4.38. The maximum atomic E-state index is 12.7. The third kappa shape index (κ3) is 3.99. The number of halogens is 6. The Morgan fingerprint density at radius 2 is 0.852 bits per heavy atom. The lowest BCUT2D eigenvalue weighted by atomic mass is 9.92. The molecule has 0 heterocycles. The average molecular weight is 380 g/mol. The quantitative estimate of drug-likeness (QED) is 0.407. The molecule has 0 aromatic heterocycles. The van der Waals surface area contributed by atoms with E-state index in [0.29, 0.717) is 11.1 Å². The van der Waals surface area contributed by atoms with Gasteiger partial charge in [0.15, 0.2) is 0 Å². The van der Waals surface area contributed by atoms with Crippen LogP contribution in [0.15, 0.2) is 66.7 Å². The van der Waals surface area contributed by atoms with E-state index in [1.807, 2.05) is 0 Å². The largest absolute Gasteiger partial charge is 0.416 e. The first-order valence-electron chi connectivity index (χ1n) is 8.02. The second-order valence-corrected chi connectivity index (χ2v) is 6.13. The molecule has 0 unspecified atom stereocenters. The van der Waals surface area contributed by atoms with Gasteiger partial charge in [-0.05, 0) is 59.0 Å². The van der Waals surface area contributed by atoms with Gasteiger partial charge in [-0.1, -0.05) is 42.5 Å². The van der Waals surface area contributed by atoms with Crippen molar-refractivity contribution in [3.05, 3.63) is 83.4 Å². The van der Waals surface area contributed by atoms with E-state index in [1.54, 1.807) is 25.1 Å². The maximum Gasteiger partial charge on any atom is 0.416 e. The molecular formula is C21H14F6. The molecule has 0 bridgehead atoms. The molecular weight excluding hydrogens is 366 g/mol. The van der Waals surface area contributed by atoms with E-state index in [0.717, 1.165) is 41.0 Å². The van der Waals surface area contributed by atoms with Gasteiger partial charge in [0.25, 0.3) is 0 Å². The van der Waals surface area contributed by atoms with Gasteiger partial charge in [0.2, 0.25) is 0 Å². The van der Waals surface area contributed by atoms with Crippen LogP contribution in [0.3, 0.4) is 0 Å². The summed E-state index contributed by atoms with van der Waals surface area (Å²) in [5.74, 6) is 0. The van der Waals surface area contributed by atoms with Crippen molar-refractivity contribution < 1.29 is 26.3 Å². The summed E-state index contributed by atoms with van der Waals surface area (Å²) in [5.41, 5.74) is 1.97. The molecule has 0 amide bonds. The monoisotopic (exact) mass is 380 g/mol. The number of rotatable bonds is 2. The topological polar surface area (TPSA) is 0 Å². The zero-order valence-electron chi connectivity index (χ0n) is 14.1. The van der Waals surface area contributed by atoms with E-state index in [2.05, 4.69) is 0 Å². The highest BCUT2D eigenvalue weighted by atomic mass is 19.4. The van der Waals surface area contributed by atoms with E-state index < -0.39 is 23.5 Å². The predicted molar refractivity (Wildman–Crippen MR) is 92.1 cm³/mol. The summed E-state index contributed by atoms with van der Waals surface area (Å²) in [6.45, 7) is 1.79. The fraction of sp³-hybridized carbons (Fsp3) is 0.143. The van der Waals surface area contributed by atoms with E-state index in [-0.39, 0.29) is 0 Å². The van der Waals surface area contributed by atoms with E-state index >= 15 is 0 Å². The molecule has 0 nitrogen and oxygen atoms in total. The molecule has 0 spiro atoms. The summed E-state index contributed by atoms with van der Waals surface area (Å²) in [7, 11) is 0. The highest BCUT2D eigenvalue weighted by Gasteiger charge is 2.31. The summed E-state index contributed by atoms with van der Waals surface area (Å²) in [5, 5.41) is 0. The van der Waals surface area contributed by atoms with Crippen LogP contribution >= 0.6 is 0 Å². The van der Waals surface area contributed by atoms with Crippen LogP contribution in [0.5, 0.6) is 0 Å². The number of alkyl halides is 6. The molecule has 0 aliphatic carbocycles. The van der Waals surface area contributed by atoms with Crippen LogP contribution in [-0.4, -0.2) is 0 Å². The minimum absolute atomic E-state index is 0.606. The molecule has 140 valence electrons. The van der Waals surface area contributed by atoms with Crippen molar-refractivity contribution in [2.45, 2.75) is 19.3 Å². The summed E-state index contributed by atoms with van der Waals surface area (Å²) in [4.78, 5) is 0. The summed E-state index contributed by atoms with van der Waals surface area (Å²) < 4.78 is 76.3. The normalized spacial score (nSPS) is 12.3. The third-order valence-electron chi connectivity index (χ3n) is 4.38. The van der Waals surface area contributed by atoms with E-state index in [1.165, 1.54) is 24.3 Å². The lowest BCUT2D eigenvalue weighted by molar-refractivity contribution is -0.138. The van der Waals surface area contributed by atoms with Gasteiger partial charge >= 0.3 is 12.4 Å². The van der Waals surface area contributed by atoms with Gasteiger partial charge in [0, 0.05) is 0 Å². The summed E-state index contributed by atoms with van der Waals surface area (Å²) in [6.07, 6.45) is -8.81. The molecule has 0 aliphatic heterocycles. The Kier molecular flexibility index (Phi) is 4.76. The minimum atomic E-state index is -4.41. The molecule has 0 fully saturated rings. The molecule has 0 radical (unpaired) electrons. The van der Waals surface area contributed by atoms with E-state index in [4.69, 9.17) is 0 Å². The number of hydrogen-bond acceptors (Lipinski definition) is 0. The Labute approximate surface area is 152 Å². The first kappa shape index (κ1) is 19.0. The van der Waals surface area contributed by atoms with Gasteiger partial charge in [-0.2, -0.15) is 26.3 Å². The van der Waals surface area contributed by atoms with Crippen LogP contribution in [-0.2, 0) is 12.4 Å². The molecule has 0 saturated heterocycles. The van der Waals surface area contributed by atoms with Crippen molar-refractivity contribution in [2.75, 3.05) is 0 Å². The van der Waals surface area contributed by atoms with Gasteiger partial charge in [-0.15, -0.1) is 0 Å². The van der Waals surface area contributed by atoms with Crippen LogP contribution in [0.25, 0.3) is 22.3 Å². The van der Waals surface area contributed by atoms with Crippen molar-refractivity contribution in [3.63, 3.8) is 0 Å². The second kappa shape index (κ2) is 6.76. The van der Waals surface area contributed by atoms with Gasteiger partial charge in [-0.3, -0.25) is 0 Å². The van der Waals surface area contributed by atoms with Gasteiger partial charge < -0.3 is 0 Å². The molecule has 0 atom stereocenters. The van der Waals surface area contributed by atoms with Crippen molar-refractivity contribution in [1.82, 2.24) is 0 Å². The van der Waals surface area contributed by atoms with Crippen LogP contribution in [0.2, 0.25) is 0 Å². The van der Waals surface area contributed by atoms with Crippen molar-refractivity contribution >= 4 is 0 Å². The van der Waals surface area contributed by atoms with Gasteiger partial charge in [0.1, 0.15) is 0 Å². The molecule has 27 heavy (non-hydrogen) atoms. The van der Waals surface area contributed by atoms with Crippen LogP contribution in [0.4, 0.5) is 26.3 Å². The van der Waals surface area contributed by atoms with Crippen molar-refractivity contribution in [2.24, 2.45) is 0 Å².